The van der Waals surface area contributed by atoms with Gasteiger partial charge in [-0.1, -0.05) is 0 Å². The van der Waals surface area contributed by atoms with Crippen molar-refractivity contribution in [2.45, 2.75) is 175 Å². The highest BCUT2D eigenvalue weighted by Gasteiger charge is 2.71. The van der Waals surface area contributed by atoms with Crippen LogP contribution in [0.5, 0.6) is 0 Å². The summed E-state index contributed by atoms with van der Waals surface area (Å²) in [5.41, 5.74) is 25.2. The number of nitrogens with two attached hydrogens (primary N) is 5. The number of anilines is 5. The van der Waals surface area contributed by atoms with Crippen LogP contribution in [0.25, 0.3) is 33.5 Å². The lowest BCUT2D eigenvalue weighted by atomic mass is 9.94. The number of phosphoric acid groups is 1. The molecule has 7 aliphatic rings. The maximum absolute atomic E-state index is 15.1. The quantitative estimate of drug-likeness (QED) is 0.0174. The van der Waals surface area contributed by atoms with Crippen LogP contribution in [0.2, 0.25) is 0 Å². The third kappa shape index (κ3) is 16.6. The van der Waals surface area contributed by atoms with Crippen molar-refractivity contribution in [2.24, 2.45) is 0 Å². The van der Waals surface area contributed by atoms with E-state index in [1.807, 2.05) is 0 Å². The number of nitrogen functional groups attached to an aromatic ring is 5. The minimum atomic E-state index is -5.61. The fraction of sp³-hybridized carbons (Fsp3) is 0.623. The average Bonchev–Trinajstić information content (AvgIpc) is 1.55. The Kier molecular flexibility index (Phi) is 24.3. The van der Waals surface area contributed by atoms with Crippen molar-refractivity contribution in [2.75, 3.05) is 95.7 Å². The number of nitrogens with one attached hydrogen (secondary N) is 1. The Hall–Kier alpha value is -6.57. The molecule has 25 atom stereocenters. The van der Waals surface area contributed by atoms with Crippen molar-refractivity contribution < 1.29 is 118 Å². The summed E-state index contributed by atoms with van der Waals surface area (Å²) < 4.78 is 139. The number of methoxy groups -OCH3 is 2. The molecule has 15 heterocycles. The average molecular weight is 1780 g/mol. The molecule has 7 fully saturated rings. The number of hydrogen-bond acceptors (Lipinski definition) is 42. The number of aromatic nitrogens is 16. The zero-order chi connectivity index (χ0) is 83.3. The topological polar surface area (TPSA) is 644 Å². The molecular weight excluding hydrogens is 1690 g/mol. The summed E-state index contributed by atoms with van der Waals surface area (Å²) in [7, 11) is -2.76. The first-order valence-electron chi connectivity index (χ1n) is 36.0. The van der Waals surface area contributed by atoms with E-state index in [-0.39, 0.29) is 90.8 Å². The monoisotopic (exact) mass is 1780 g/mol. The number of fused-ring (bicyclic) bond motifs is 7. The maximum Gasteiger partial charge on any atom is 0.472 e. The Labute approximate surface area is 675 Å². The number of aliphatic hydroxyl groups is 1. The number of aliphatic hydroxyl groups excluding tert-OH is 1. The predicted octanol–water partition coefficient (Wildman–Crippen LogP) is -0.775. The van der Waals surface area contributed by atoms with Crippen molar-refractivity contribution in [3.8, 4) is 0 Å². The normalized spacial score (nSPS) is 32.9. The number of aromatic amines is 1. The van der Waals surface area contributed by atoms with Gasteiger partial charge in [-0.05, 0) is 70.0 Å². The largest absolute Gasteiger partial charge is 0.472 e. The fourth-order valence-electron chi connectivity index (χ4n) is 15.1. The van der Waals surface area contributed by atoms with Crippen LogP contribution < -0.4 is 45.6 Å². The van der Waals surface area contributed by atoms with E-state index < -0.39 is 199 Å². The summed E-state index contributed by atoms with van der Waals surface area (Å²) >= 11 is 17.1. The first-order valence-corrected chi connectivity index (χ1v) is 45.2. The zero-order valence-corrected chi connectivity index (χ0v) is 68.8. The Bertz CT molecular complexity index is 5450. The number of ether oxygens (including phenoxy) is 11. The van der Waals surface area contributed by atoms with Gasteiger partial charge in [0.1, 0.15) is 108 Å². The third-order valence-corrected chi connectivity index (χ3v) is 26.6. The third-order valence-electron chi connectivity index (χ3n) is 21.0. The zero-order valence-electron chi connectivity index (χ0n) is 62.8. The molecule has 8 aromatic heterocycles. The first kappa shape index (κ1) is 85.4. The van der Waals surface area contributed by atoms with Crippen molar-refractivity contribution >= 4 is 126 Å². The number of rotatable bonds is 34. The molecule has 0 saturated carbocycles. The molecule has 0 aromatic carbocycles. The Morgan fingerprint density at radius 1 is 0.547 bits per heavy atom. The number of hydrogen-bond donors (Lipinski definition) is 11. The lowest BCUT2D eigenvalue weighted by Crippen LogP contribution is -2.51. The first-order chi connectivity index (χ1) is 55.5. The van der Waals surface area contributed by atoms with E-state index in [0.717, 1.165) is 9.13 Å². The second-order valence-corrected chi connectivity index (χ2v) is 38.0. The molecule has 7 aliphatic heterocycles. The van der Waals surface area contributed by atoms with E-state index in [1.165, 1.54) is 81.2 Å². The van der Waals surface area contributed by atoms with Crippen LogP contribution in [0.4, 0.5) is 29.2 Å². The Morgan fingerprint density at radius 3 is 1.68 bits per heavy atom. The van der Waals surface area contributed by atoms with Gasteiger partial charge in [0.25, 0.3) is 5.56 Å². The van der Waals surface area contributed by atoms with Crippen molar-refractivity contribution in [3.05, 3.63) is 86.5 Å². The van der Waals surface area contributed by atoms with Gasteiger partial charge in [0.2, 0.25) is 5.95 Å². The van der Waals surface area contributed by atoms with Crippen LogP contribution in [0.15, 0.2) is 58.4 Å². The molecule has 117 heavy (non-hydrogen) atoms. The van der Waals surface area contributed by atoms with Gasteiger partial charge >= 0.3 is 39.4 Å². The van der Waals surface area contributed by atoms with Crippen LogP contribution in [-0.4, -0.2) is 266 Å². The molecule has 0 spiro atoms. The lowest BCUT2D eigenvalue weighted by Gasteiger charge is -2.38. The summed E-state index contributed by atoms with van der Waals surface area (Å²) in [6, 6.07) is 0. The molecule has 7 saturated heterocycles. The van der Waals surface area contributed by atoms with Crippen LogP contribution in [0, 0.1) is 13.8 Å². The molecule has 638 valence electrons. The molecule has 0 radical (unpaired) electrons. The maximum atomic E-state index is 15.1. The molecule has 9 unspecified atom stereocenters. The van der Waals surface area contributed by atoms with Gasteiger partial charge in [-0.25, -0.2) is 49.0 Å². The molecular formula is C61H83N21O28P4S3. The van der Waals surface area contributed by atoms with E-state index in [0.29, 0.717) is 22.3 Å². The van der Waals surface area contributed by atoms with E-state index in [4.69, 9.17) is 152 Å². The summed E-state index contributed by atoms with van der Waals surface area (Å²) in [5, 5.41) is 11.7. The molecule has 8 aromatic rings. The van der Waals surface area contributed by atoms with E-state index in [9.17, 15) is 39.1 Å². The number of imidazole rings is 3. The second kappa shape index (κ2) is 33.3. The molecule has 15 rings (SSSR count). The van der Waals surface area contributed by atoms with Crippen LogP contribution >= 0.6 is 28.0 Å². The van der Waals surface area contributed by atoms with Crippen molar-refractivity contribution in [1.82, 2.24) is 77.7 Å². The van der Waals surface area contributed by atoms with E-state index in [1.54, 1.807) is 25.3 Å². The molecule has 56 heteroatoms. The smallest absolute Gasteiger partial charge is 0.387 e. The van der Waals surface area contributed by atoms with Gasteiger partial charge in [0.05, 0.1) is 102 Å². The van der Waals surface area contributed by atoms with E-state index >= 15 is 4.57 Å². The number of phosphoric ester groups is 1. The highest BCUT2D eigenvalue weighted by Crippen LogP contribution is 2.63. The van der Waals surface area contributed by atoms with Gasteiger partial charge in [0, 0.05) is 50.6 Å². The predicted molar refractivity (Wildman–Crippen MR) is 410 cm³/mol. The Balaban J connectivity index is 0.687. The molecule has 49 nitrogen and oxygen atoms in total. The van der Waals surface area contributed by atoms with Gasteiger partial charge < -0.3 is 124 Å². The number of nitrogens with zero attached hydrogens (tertiary/aromatic N) is 15. The number of aryl methyl sites for hydroxylation is 2. The van der Waals surface area contributed by atoms with Gasteiger partial charge in [-0.3, -0.25) is 50.7 Å². The van der Waals surface area contributed by atoms with Crippen LogP contribution in [-0.2, 0) is 128 Å². The Morgan fingerprint density at radius 2 is 1.06 bits per heavy atom. The highest BCUT2D eigenvalue weighted by atomic mass is 32.5. The molecule has 0 amide bonds. The summed E-state index contributed by atoms with van der Waals surface area (Å²) in [5.74, 6) is -0.317. The van der Waals surface area contributed by atoms with Crippen molar-refractivity contribution in [3.63, 3.8) is 0 Å². The number of H-pyrrole nitrogens is 1. The second-order valence-electron chi connectivity index (χ2n) is 28.3. The van der Waals surface area contributed by atoms with Gasteiger partial charge in [-0.2, -0.15) is 15.0 Å². The standard InChI is InChI=1S/C61H83N21O28P4S3/c1-25-15-78(58(85)74-45(25)62)53-39(94-12-10-92-6)37(83)32(104-53)17-97-113(90,116)108-38-30(103-54(40(38)95-13-11-93-7)82-24-73-36-51(82)76-57(66)77-52(36)84)8-9-96-112(89,115)110-44-42-56(81-23-72-35-48(65)68-21-70-50(35)81)106-60(44,28(4)102-42)18-98-111(87,88)109-43-41-55(79-16-26(2)46(63)75-59(79)86)105-61(43,29(5)101-41)19-99-114(91,117)107-31-14-33(100-27(31)3)80-22-71-34-47(64)67-20-69-49(34)80/h15-16,20-24,27-33,37-44,53-56,83H,8-14,17-19H2,1-7H3,(H,87,88)(H,89,115)(H,90,116)(H,91,117)(H2,62,74,85)(H2,63,75,86)(H2,64,67,69)(H2,65,68,70)(H3,66,76,77,84)/t27-,28+,29+,30-,31?,32-,33-,37?,38?,39+,40+,41+,42+,43?,44?,53-,54-,55-,56-,60+,61+,112?,113?,114?/m1/s1. The SMILES string of the molecule is COCCO[C@H]1C(O)[C@@H](COP(O)(=S)OC2[C@@H](CCOP(O)(=S)OC3[C@@H]4O[C@@H](C)[C@]3(COP(=O)(O)OC3[C@@H]5O[C@@H](C)[C@]3(COP(O)(=S)OC3C[C@H](n6cnc7c(N)ncnc76)O[C@@H]3C)O[C@H]5n3cc(C)c(N)nc3=O)O[C@H]4n3cnc4c(N)ncnc43)O[C@@H](n3cnc4c(=O)[nH]c(N)nc43)[C@H]2OCCOC)O[C@H]1n1cc(C)c(N)nc1=O. The minimum Gasteiger partial charge on any atom is -0.387 e. The summed E-state index contributed by atoms with van der Waals surface area (Å²) in [6.45, 7) is -8.99. The van der Waals surface area contributed by atoms with Crippen LogP contribution in [0.3, 0.4) is 0 Å². The van der Waals surface area contributed by atoms with Crippen LogP contribution in [0.1, 0.15) is 75.9 Å². The molecule has 16 N–H and O–H groups in total. The molecule has 0 aliphatic carbocycles. The van der Waals surface area contributed by atoms with E-state index in [2.05, 4.69) is 54.8 Å². The minimum absolute atomic E-state index is 0.0118. The summed E-state index contributed by atoms with van der Waals surface area (Å²) in [4.78, 5) is 133. The van der Waals surface area contributed by atoms with Gasteiger partial charge in [0.15, 0.2) is 59.0 Å². The van der Waals surface area contributed by atoms with Gasteiger partial charge in [-0.15, -0.1) is 0 Å². The molecule has 4 bridgehead atoms. The lowest BCUT2D eigenvalue weighted by molar-refractivity contribution is -0.218. The van der Waals surface area contributed by atoms with Crippen molar-refractivity contribution in [1.29, 1.82) is 0 Å². The highest BCUT2D eigenvalue weighted by molar-refractivity contribution is 8.07. The fourth-order valence-corrected chi connectivity index (χ4v) is 20.5. The summed E-state index contributed by atoms with van der Waals surface area (Å²) in [6.07, 6.45) is -15.7.